The van der Waals surface area contributed by atoms with Crippen molar-refractivity contribution in [2.45, 2.75) is 32.9 Å². The van der Waals surface area contributed by atoms with Crippen molar-refractivity contribution in [1.29, 1.82) is 0 Å². The minimum Gasteiger partial charge on any atom is -0.433 e. The molecule has 2 heterocycles. The number of hydrogen-bond donors (Lipinski definition) is 1. The van der Waals surface area contributed by atoms with Gasteiger partial charge in [0.25, 0.3) is 5.89 Å². The summed E-state index contributed by atoms with van der Waals surface area (Å²) >= 11 is 1.28. The fourth-order valence-corrected chi connectivity index (χ4v) is 2.49. The summed E-state index contributed by atoms with van der Waals surface area (Å²) in [6.07, 6.45) is 0.593. The second-order valence-electron chi connectivity index (χ2n) is 4.34. The maximum Gasteiger partial charge on any atom is 0.387 e. The summed E-state index contributed by atoms with van der Waals surface area (Å²) < 4.78 is 34.3. The molecule has 1 unspecified atom stereocenters. The molecule has 1 atom stereocenters. The number of alkyl halides is 2. The maximum absolute atomic E-state index is 12.4. The zero-order valence-electron chi connectivity index (χ0n) is 11.7. The molecule has 5 nitrogen and oxygen atoms in total. The lowest BCUT2D eigenvalue weighted by Gasteiger charge is -2.04. The van der Waals surface area contributed by atoms with Gasteiger partial charge in [0.15, 0.2) is 5.82 Å². The number of thiophene rings is 1. The number of likely N-dealkylation sites (N-methyl/N-ethyl adjacent to an activating group) is 1. The average molecular weight is 340 g/mol. The second kappa shape index (κ2) is 7.67. The Bertz CT molecular complexity index is 577. The molecule has 2 rings (SSSR count). The number of nitrogens with one attached hydrogen (secondary N) is 1. The predicted molar refractivity (Wildman–Crippen MR) is 78.5 cm³/mol. The first-order valence-corrected chi connectivity index (χ1v) is 6.86. The van der Waals surface area contributed by atoms with Gasteiger partial charge in [-0.25, -0.2) is 0 Å². The maximum atomic E-state index is 12.4. The van der Waals surface area contributed by atoms with Crippen LogP contribution in [0, 0.1) is 6.92 Å². The third-order valence-electron chi connectivity index (χ3n) is 2.68. The van der Waals surface area contributed by atoms with E-state index in [1.807, 2.05) is 14.0 Å². The molecule has 0 aliphatic heterocycles. The monoisotopic (exact) mass is 339 g/mol. The van der Waals surface area contributed by atoms with Crippen LogP contribution >= 0.6 is 23.7 Å². The molecule has 0 radical (unpaired) electrons. The van der Waals surface area contributed by atoms with Crippen molar-refractivity contribution < 1.29 is 18.0 Å². The topological polar surface area (TPSA) is 60.2 Å². The molecule has 0 bridgehead atoms. The van der Waals surface area contributed by atoms with Crippen LogP contribution < -0.4 is 10.1 Å². The van der Waals surface area contributed by atoms with Crippen molar-refractivity contribution in [2.75, 3.05) is 7.05 Å². The molecule has 2 aromatic rings. The first-order chi connectivity index (χ1) is 9.49. The largest absolute Gasteiger partial charge is 0.433 e. The van der Waals surface area contributed by atoms with E-state index in [2.05, 4.69) is 20.2 Å². The molecule has 0 aliphatic carbocycles. The zero-order chi connectivity index (χ0) is 14.7. The first kappa shape index (κ1) is 17.8. The number of rotatable bonds is 6. The quantitative estimate of drug-likeness (QED) is 0.875. The summed E-state index contributed by atoms with van der Waals surface area (Å²) in [5.41, 5.74) is 0. The van der Waals surface area contributed by atoms with Crippen molar-refractivity contribution >= 4 is 23.7 Å². The molecular formula is C12H16ClF2N3O2S. The molecule has 9 heteroatoms. The summed E-state index contributed by atoms with van der Waals surface area (Å²) in [5, 5.41) is 6.91. The number of halogens is 3. The Morgan fingerprint density at radius 1 is 1.48 bits per heavy atom. The lowest BCUT2D eigenvalue weighted by atomic mass is 10.2. The molecule has 2 aromatic heterocycles. The van der Waals surface area contributed by atoms with Gasteiger partial charge in [0.1, 0.15) is 10.6 Å². The standard InChI is InChI=1S/C12H15F2N3O2S.ClH/c1-6(15-3)4-9-16-11(19-17-9)10-8(18-12(13)14)5-7(2)20-10;/h5-6,12,15H,4H2,1-3H3;1H. The summed E-state index contributed by atoms with van der Waals surface area (Å²) in [4.78, 5) is 5.48. The van der Waals surface area contributed by atoms with E-state index in [9.17, 15) is 8.78 Å². The highest BCUT2D eigenvalue weighted by Crippen LogP contribution is 2.38. The normalized spacial score (nSPS) is 12.3. The van der Waals surface area contributed by atoms with Crippen LogP contribution in [0.1, 0.15) is 17.6 Å². The molecule has 0 saturated carbocycles. The van der Waals surface area contributed by atoms with Crippen molar-refractivity contribution in [1.82, 2.24) is 15.5 Å². The Balaban J connectivity index is 0.00000220. The third-order valence-corrected chi connectivity index (χ3v) is 3.70. The molecule has 118 valence electrons. The van der Waals surface area contributed by atoms with Gasteiger partial charge in [-0.2, -0.15) is 13.8 Å². The van der Waals surface area contributed by atoms with Crippen molar-refractivity contribution in [3.05, 3.63) is 16.8 Å². The minimum absolute atomic E-state index is 0. The third kappa shape index (κ3) is 4.62. The van der Waals surface area contributed by atoms with Crippen LogP contribution in [0.15, 0.2) is 10.6 Å². The SMILES string of the molecule is CNC(C)Cc1noc(-c2sc(C)cc2OC(F)F)n1.Cl. The number of aryl methyl sites for hydroxylation is 1. The van der Waals surface area contributed by atoms with Crippen LogP contribution in [-0.4, -0.2) is 29.8 Å². The van der Waals surface area contributed by atoms with Gasteiger partial charge in [-0.3, -0.25) is 0 Å². The fourth-order valence-electron chi connectivity index (χ4n) is 1.63. The highest BCUT2D eigenvalue weighted by Gasteiger charge is 2.20. The molecule has 21 heavy (non-hydrogen) atoms. The molecule has 1 N–H and O–H groups in total. The average Bonchev–Trinajstić information content (AvgIpc) is 2.95. The predicted octanol–water partition coefficient (Wildman–Crippen LogP) is 3.28. The van der Waals surface area contributed by atoms with Gasteiger partial charge in [-0.15, -0.1) is 23.7 Å². The van der Waals surface area contributed by atoms with Gasteiger partial charge in [-0.05, 0) is 27.0 Å². The summed E-state index contributed by atoms with van der Waals surface area (Å²) in [5.74, 6) is 0.798. The van der Waals surface area contributed by atoms with E-state index in [-0.39, 0.29) is 30.1 Å². The van der Waals surface area contributed by atoms with E-state index in [0.717, 1.165) is 4.88 Å². The Morgan fingerprint density at radius 3 is 2.81 bits per heavy atom. The van der Waals surface area contributed by atoms with E-state index in [4.69, 9.17) is 4.52 Å². The molecular weight excluding hydrogens is 324 g/mol. The van der Waals surface area contributed by atoms with Gasteiger partial charge in [-0.1, -0.05) is 5.16 Å². The number of nitrogens with zero attached hydrogens (tertiary/aromatic N) is 2. The summed E-state index contributed by atoms with van der Waals surface area (Å²) in [7, 11) is 1.84. The van der Waals surface area contributed by atoms with Crippen LogP contribution in [0.4, 0.5) is 8.78 Å². The van der Waals surface area contributed by atoms with Gasteiger partial charge in [0.05, 0.1) is 0 Å². The molecule has 0 aromatic carbocycles. The van der Waals surface area contributed by atoms with Gasteiger partial charge >= 0.3 is 6.61 Å². The Labute approximate surface area is 131 Å². The molecule has 0 aliphatic rings. The van der Waals surface area contributed by atoms with E-state index >= 15 is 0 Å². The van der Waals surface area contributed by atoms with E-state index in [0.29, 0.717) is 17.1 Å². The number of hydrogen-bond acceptors (Lipinski definition) is 6. The van der Waals surface area contributed by atoms with Crippen LogP contribution in [0.25, 0.3) is 10.8 Å². The molecule has 0 fully saturated rings. The van der Waals surface area contributed by atoms with Crippen LogP contribution in [-0.2, 0) is 6.42 Å². The van der Waals surface area contributed by atoms with Gasteiger partial charge in [0, 0.05) is 17.3 Å². The van der Waals surface area contributed by atoms with Crippen LogP contribution in [0.3, 0.4) is 0 Å². The van der Waals surface area contributed by atoms with Crippen molar-refractivity contribution in [2.24, 2.45) is 0 Å². The summed E-state index contributed by atoms with van der Waals surface area (Å²) in [6.45, 7) is 0.901. The fraction of sp³-hybridized carbons (Fsp3) is 0.500. The highest BCUT2D eigenvalue weighted by molar-refractivity contribution is 7.15. The van der Waals surface area contributed by atoms with Crippen molar-refractivity contribution in [3.63, 3.8) is 0 Å². The molecule has 0 spiro atoms. The van der Waals surface area contributed by atoms with Gasteiger partial charge in [0.2, 0.25) is 0 Å². The lowest BCUT2D eigenvalue weighted by Crippen LogP contribution is -2.24. The Morgan fingerprint density at radius 2 is 2.19 bits per heavy atom. The Hall–Kier alpha value is -1.25. The van der Waals surface area contributed by atoms with Gasteiger partial charge < -0.3 is 14.6 Å². The summed E-state index contributed by atoms with van der Waals surface area (Å²) in [6, 6.07) is 1.73. The van der Waals surface area contributed by atoms with Crippen LogP contribution in [0.2, 0.25) is 0 Å². The molecule has 0 saturated heterocycles. The lowest BCUT2D eigenvalue weighted by molar-refractivity contribution is -0.0492. The molecule has 0 amide bonds. The van der Waals surface area contributed by atoms with E-state index < -0.39 is 6.61 Å². The number of ether oxygens (including phenoxy) is 1. The van der Waals surface area contributed by atoms with Crippen molar-refractivity contribution in [3.8, 4) is 16.5 Å². The number of aromatic nitrogens is 2. The second-order valence-corrected chi connectivity index (χ2v) is 5.59. The Kier molecular flexibility index (Phi) is 6.50. The highest BCUT2D eigenvalue weighted by atomic mass is 35.5. The zero-order valence-corrected chi connectivity index (χ0v) is 13.4. The van der Waals surface area contributed by atoms with E-state index in [1.165, 1.54) is 17.4 Å². The first-order valence-electron chi connectivity index (χ1n) is 6.05. The minimum atomic E-state index is -2.88. The van der Waals surface area contributed by atoms with E-state index in [1.54, 1.807) is 6.92 Å². The smallest absolute Gasteiger partial charge is 0.387 e. The van der Waals surface area contributed by atoms with Crippen LogP contribution in [0.5, 0.6) is 5.75 Å².